The zero-order valence-corrected chi connectivity index (χ0v) is 25.4. The lowest BCUT2D eigenvalue weighted by Gasteiger charge is -2.23. The molecule has 0 saturated carbocycles. The van der Waals surface area contributed by atoms with E-state index in [4.69, 9.17) is 0 Å². The van der Waals surface area contributed by atoms with Gasteiger partial charge in [-0.25, -0.2) is 0 Å². The number of alkyl halides is 6. The third kappa shape index (κ3) is 5.07. The van der Waals surface area contributed by atoms with Crippen LogP contribution in [0.3, 0.4) is 0 Å². The predicted molar refractivity (Wildman–Crippen MR) is 172 cm³/mol. The summed E-state index contributed by atoms with van der Waals surface area (Å²) in [5.74, 6) is -1.03. The fourth-order valence-corrected chi connectivity index (χ4v) is 7.10. The highest BCUT2D eigenvalue weighted by atomic mass is 19.4. The van der Waals surface area contributed by atoms with Gasteiger partial charge in [-0.1, -0.05) is 60.7 Å². The van der Waals surface area contributed by atoms with Crippen LogP contribution in [0.1, 0.15) is 39.3 Å². The van der Waals surface area contributed by atoms with Crippen LogP contribution in [0.15, 0.2) is 114 Å². The third-order valence-corrected chi connectivity index (χ3v) is 9.27. The number of allylic oxidation sites excluding steroid dienone is 8. The maximum atomic E-state index is 13.5. The van der Waals surface area contributed by atoms with Crippen LogP contribution < -0.4 is 0 Å². The minimum absolute atomic E-state index is 0.169. The van der Waals surface area contributed by atoms with E-state index >= 15 is 0 Å². The van der Waals surface area contributed by atoms with E-state index in [1.54, 1.807) is 42.5 Å². The average molecular weight is 669 g/mol. The Morgan fingerprint density at radius 2 is 1.00 bits per heavy atom. The number of benzene rings is 4. The van der Waals surface area contributed by atoms with Crippen molar-refractivity contribution in [3.8, 4) is 46.5 Å². The Morgan fingerprint density at radius 1 is 0.500 bits per heavy atom. The SMILES string of the molecule is N#CC(C#N)=C1C2=CC3c4ccc(-c5cccc(C(F)(F)F)c5)cc4C(=C(C#N)C#N)C3C=C2c2ccc(-c3cccc(C(F)(F)F)c3)cc21. The smallest absolute Gasteiger partial charge is 0.192 e. The number of fused-ring (bicyclic) bond motifs is 6. The summed E-state index contributed by atoms with van der Waals surface area (Å²) in [4.78, 5) is 0. The number of hydrogen-bond donors (Lipinski definition) is 0. The molecule has 0 saturated heterocycles. The van der Waals surface area contributed by atoms with E-state index in [9.17, 15) is 47.4 Å². The van der Waals surface area contributed by atoms with E-state index in [-0.39, 0.29) is 16.7 Å². The molecule has 0 fully saturated rings. The van der Waals surface area contributed by atoms with Gasteiger partial charge >= 0.3 is 12.4 Å². The van der Waals surface area contributed by atoms with E-state index in [2.05, 4.69) is 0 Å². The summed E-state index contributed by atoms with van der Waals surface area (Å²) in [7, 11) is 0. The van der Waals surface area contributed by atoms with Crippen LogP contribution in [0.25, 0.3) is 39.0 Å². The molecule has 0 aliphatic heterocycles. The molecule has 0 spiro atoms. The summed E-state index contributed by atoms with van der Waals surface area (Å²) < 4.78 is 81.1. The minimum Gasteiger partial charge on any atom is -0.192 e. The molecule has 3 aliphatic rings. The lowest BCUT2D eigenvalue weighted by molar-refractivity contribution is -0.138. The molecule has 0 heterocycles. The second-order valence-electron chi connectivity index (χ2n) is 11.9. The van der Waals surface area contributed by atoms with Crippen LogP contribution in [0, 0.1) is 51.2 Å². The Labute approximate surface area is 281 Å². The van der Waals surface area contributed by atoms with E-state index in [1.165, 1.54) is 18.2 Å². The summed E-state index contributed by atoms with van der Waals surface area (Å²) in [5.41, 5.74) is 3.62. The molecule has 2 unspecified atom stereocenters. The lowest BCUT2D eigenvalue weighted by atomic mass is 9.79. The number of nitrogens with zero attached hydrogens (tertiary/aromatic N) is 4. The van der Waals surface area contributed by atoms with Gasteiger partial charge in [0.25, 0.3) is 0 Å². The van der Waals surface area contributed by atoms with Crippen LogP contribution in [0.2, 0.25) is 0 Å². The number of halogens is 6. The average Bonchev–Trinajstić information content (AvgIpc) is 3.59. The van der Waals surface area contributed by atoms with Crippen molar-refractivity contribution in [2.45, 2.75) is 18.3 Å². The van der Waals surface area contributed by atoms with Gasteiger partial charge in [-0.3, -0.25) is 0 Å². The van der Waals surface area contributed by atoms with Gasteiger partial charge in [-0.05, 0) is 97.6 Å². The molecule has 3 aliphatic carbocycles. The van der Waals surface area contributed by atoms with Gasteiger partial charge in [-0.2, -0.15) is 47.4 Å². The van der Waals surface area contributed by atoms with Gasteiger partial charge in [0.05, 0.1) is 11.1 Å². The Bertz CT molecular complexity index is 2430. The third-order valence-electron chi connectivity index (χ3n) is 9.27. The van der Waals surface area contributed by atoms with Gasteiger partial charge in [0, 0.05) is 17.4 Å². The van der Waals surface area contributed by atoms with Crippen molar-refractivity contribution < 1.29 is 26.3 Å². The highest BCUT2D eigenvalue weighted by Gasteiger charge is 2.43. The van der Waals surface area contributed by atoms with Crippen LogP contribution in [0.4, 0.5) is 26.3 Å². The summed E-state index contributed by atoms with van der Waals surface area (Å²) in [6, 6.07) is 27.6. The molecule has 50 heavy (non-hydrogen) atoms. The van der Waals surface area contributed by atoms with Gasteiger partial charge < -0.3 is 0 Å². The molecule has 2 atom stereocenters. The first-order valence-corrected chi connectivity index (χ1v) is 15.1. The first-order chi connectivity index (χ1) is 23.9. The van der Waals surface area contributed by atoms with Crippen molar-refractivity contribution in [3.05, 3.63) is 147 Å². The van der Waals surface area contributed by atoms with Crippen LogP contribution in [0.5, 0.6) is 0 Å². The molecular weight excluding hydrogens is 650 g/mol. The van der Waals surface area contributed by atoms with Gasteiger partial charge in [0.2, 0.25) is 0 Å². The Hall–Kier alpha value is -6.62. The van der Waals surface area contributed by atoms with Crippen molar-refractivity contribution in [1.82, 2.24) is 0 Å². The topological polar surface area (TPSA) is 95.2 Å². The van der Waals surface area contributed by atoms with Crippen molar-refractivity contribution in [3.63, 3.8) is 0 Å². The standard InChI is InChI=1S/C40H18F6N4/c41-39(42,43)27-5-1-3-21(11-27)23-7-9-29-31-15-36-32(16-35(31)37(33(29)13-23)25(17-47)18-48)30-10-8-24(14-34(30)38(36)26(19-49)20-50)22-4-2-6-28(12-22)40(44,45)46/h1-16,31,35H. The highest BCUT2D eigenvalue weighted by molar-refractivity contribution is 6.12. The molecule has 240 valence electrons. The lowest BCUT2D eigenvalue weighted by Crippen LogP contribution is -2.09. The molecule has 0 aromatic heterocycles. The molecule has 0 N–H and O–H groups in total. The normalized spacial score (nSPS) is 17.1. The highest BCUT2D eigenvalue weighted by Crippen LogP contribution is 2.58. The molecular formula is C40H18F6N4. The van der Waals surface area contributed by atoms with Gasteiger partial charge in [0.15, 0.2) is 0 Å². The summed E-state index contributed by atoms with van der Waals surface area (Å²) in [5, 5.41) is 40.0. The van der Waals surface area contributed by atoms with E-state index in [1.807, 2.05) is 36.4 Å². The van der Waals surface area contributed by atoms with Crippen molar-refractivity contribution >= 4 is 16.7 Å². The van der Waals surface area contributed by atoms with Crippen molar-refractivity contribution in [2.75, 3.05) is 0 Å². The fraction of sp³-hybridized carbons (Fsp3) is 0.100. The van der Waals surface area contributed by atoms with E-state index in [0.29, 0.717) is 61.2 Å². The largest absolute Gasteiger partial charge is 0.416 e. The first-order valence-electron chi connectivity index (χ1n) is 15.1. The summed E-state index contributed by atoms with van der Waals surface area (Å²) in [6.45, 7) is 0. The molecule has 4 nitrogen and oxygen atoms in total. The number of nitriles is 4. The fourth-order valence-electron chi connectivity index (χ4n) is 7.10. The number of rotatable bonds is 2. The molecule has 4 aromatic carbocycles. The molecule has 0 radical (unpaired) electrons. The second-order valence-corrected chi connectivity index (χ2v) is 11.9. The Balaban J connectivity index is 1.41. The molecule has 0 amide bonds. The molecule has 4 aromatic rings. The zero-order chi connectivity index (χ0) is 35.5. The summed E-state index contributed by atoms with van der Waals surface area (Å²) in [6.07, 6.45) is -5.40. The van der Waals surface area contributed by atoms with E-state index < -0.39 is 35.3 Å². The van der Waals surface area contributed by atoms with Crippen molar-refractivity contribution in [2.24, 2.45) is 5.92 Å². The van der Waals surface area contributed by atoms with Crippen LogP contribution in [-0.4, -0.2) is 0 Å². The van der Waals surface area contributed by atoms with Gasteiger partial charge in [-0.15, -0.1) is 0 Å². The second kappa shape index (κ2) is 11.5. The molecule has 0 bridgehead atoms. The Kier molecular flexibility index (Phi) is 7.36. The quantitative estimate of drug-likeness (QED) is 0.157. The summed E-state index contributed by atoms with van der Waals surface area (Å²) >= 11 is 0. The predicted octanol–water partition coefficient (Wildman–Crippen LogP) is 10.4. The molecule has 7 rings (SSSR count). The van der Waals surface area contributed by atoms with E-state index in [0.717, 1.165) is 24.3 Å². The van der Waals surface area contributed by atoms with Crippen molar-refractivity contribution in [1.29, 1.82) is 21.0 Å². The zero-order valence-electron chi connectivity index (χ0n) is 25.4. The van der Waals surface area contributed by atoms with Crippen LogP contribution in [-0.2, 0) is 12.4 Å². The van der Waals surface area contributed by atoms with Gasteiger partial charge in [0.1, 0.15) is 35.4 Å². The monoisotopic (exact) mass is 668 g/mol. The van der Waals surface area contributed by atoms with Crippen LogP contribution >= 0.6 is 0 Å². The Morgan fingerprint density at radius 3 is 1.54 bits per heavy atom. The minimum atomic E-state index is -4.56. The first kappa shape index (κ1) is 32.0. The maximum absolute atomic E-state index is 13.5. The maximum Gasteiger partial charge on any atom is 0.416 e. The molecule has 10 heteroatoms. The number of hydrogen-bond acceptors (Lipinski definition) is 4.